The normalized spacial score (nSPS) is 14.0. The third-order valence-corrected chi connectivity index (χ3v) is 5.59. The number of benzene rings is 1. The second kappa shape index (κ2) is 15.1. The largest absolute Gasteiger partial charge is 0.508 e. The first kappa shape index (κ1) is 31.8. The number of amides is 5. The average Bonchev–Trinajstić information content (AvgIpc) is 2.83. The molecule has 0 spiro atoms. The summed E-state index contributed by atoms with van der Waals surface area (Å²) in [5, 5.41) is 26.3. The van der Waals surface area contributed by atoms with Gasteiger partial charge in [-0.15, -0.1) is 0 Å². The van der Waals surface area contributed by atoms with E-state index in [0.29, 0.717) is 5.56 Å². The van der Waals surface area contributed by atoms with E-state index in [1.54, 1.807) is 13.8 Å². The fourth-order valence-electron chi connectivity index (χ4n) is 3.38. The number of aliphatic carboxylic acids is 1. The van der Waals surface area contributed by atoms with Crippen molar-refractivity contribution in [2.24, 2.45) is 23.1 Å². The molecule has 14 nitrogen and oxygen atoms in total. The van der Waals surface area contributed by atoms with E-state index in [1.165, 1.54) is 24.3 Å². The van der Waals surface area contributed by atoms with Crippen molar-refractivity contribution in [2.45, 2.75) is 70.1 Å². The summed E-state index contributed by atoms with van der Waals surface area (Å²) in [6.45, 7) is 3.24. The number of phenolic OH excluding ortho intramolecular Hbond substituents is 1. The number of primary amides is 2. The zero-order valence-electron chi connectivity index (χ0n) is 21.3. The molecule has 4 unspecified atom stereocenters. The third-order valence-electron chi connectivity index (χ3n) is 5.59. The van der Waals surface area contributed by atoms with E-state index >= 15 is 0 Å². The number of hydrogen-bond donors (Lipinski definition) is 8. The highest BCUT2D eigenvalue weighted by Gasteiger charge is 2.32. The van der Waals surface area contributed by atoms with Gasteiger partial charge in [-0.2, -0.15) is 0 Å². The van der Waals surface area contributed by atoms with Gasteiger partial charge in [-0.25, -0.2) is 4.79 Å². The molecule has 0 fully saturated rings. The van der Waals surface area contributed by atoms with Gasteiger partial charge in [-0.1, -0.05) is 26.0 Å². The van der Waals surface area contributed by atoms with Gasteiger partial charge in [-0.05, 0) is 36.5 Å². The van der Waals surface area contributed by atoms with E-state index < -0.39 is 65.6 Å². The Morgan fingerprint density at radius 3 is 1.82 bits per heavy atom. The highest BCUT2D eigenvalue weighted by atomic mass is 16.4. The summed E-state index contributed by atoms with van der Waals surface area (Å²) >= 11 is 0. The number of carboxylic acids is 1. The number of aromatic hydroxyl groups is 1. The highest BCUT2D eigenvalue weighted by Crippen LogP contribution is 2.13. The molecule has 210 valence electrons. The minimum atomic E-state index is -1.41. The molecular weight excluding hydrogens is 500 g/mol. The Morgan fingerprint density at radius 2 is 1.32 bits per heavy atom. The minimum absolute atomic E-state index is 0.00637. The van der Waals surface area contributed by atoms with Crippen LogP contribution in [0.25, 0.3) is 0 Å². The molecule has 1 aromatic carbocycles. The number of nitrogens with one attached hydrogen (secondary N) is 3. The van der Waals surface area contributed by atoms with Crippen LogP contribution in [0.4, 0.5) is 0 Å². The first-order valence-electron chi connectivity index (χ1n) is 11.9. The van der Waals surface area contributed by atoms with Crippen LogP contribution in [-0.4, -0.2) is 69.9 Å². The Balaban J connectivity index is 3.09. The van der Waals surface area contributed by atoms with Crippen molar-refractivity contribution in [2.75, 3.05) is 0 Å². The molecule has 0 aliphatic carbocycles. The van der Waals surface area contributed by atoms with Crippen LogP contribution in [0.1, 0.15) is 45.1 Å². The predicted molar refractivity (Wildman–Crippen MR) is 135 cm³/mol. The molecule has 0 bridgehead atoms. The monoisotopic (exact) mass is 536 g/mol. The van der Waals surface area contributed by atoms with Crippen molar-refractivity contribution in [1.82, 2.24) is 16.0 Å². The lowest BCUT2D eigenvalue weighted by Crippen LogP contribution is -2.59. The minimum Gasteiger partial charge on any atom is -0.508 e. The molecule has 0 aromatic heterocycles. The Hall–Kier alpha value is -4.20. The smallest absolute Gasteiger partial charge is 0.326 e. The fourth-order valence-corrected chi connectivity index (χ4v) is 3.38. The molecule has 14 heteroatoms. The molecule has 0 heterocycles. The van der Waals surface area contributed by atoms with Gasteiger partial charge in [0.1, 0.15) is 23.9 Å². The van der Waals surface area contributed by atoms with E-state index in [0.717, 1.165) is 0 Å². The van der Waals surface area contributed by atoms with Crippen LogP contribution in [0.2, 0.25) is 0 Å². The Bertz CT molecular complexity index is 1010. The standard InChI is InChI=1S/C24H36N6O8/c1-12(2)20(23(36)28-16(24(37)38)8-10-19(27)33)30-22(35)17(11-13-3-5-14(31)6-4-13)29-21(34)15(25)7-9-18(26)32/h3-6,12,15-17,20,31H,7-11,25H2,1-2H3,(H2,26,32)(H2,27,33)(H,28,36)(H,29,34)(H,30,35)(H,37,38). The van der Waals surface area contributed by atoms with E-state index in [1.807, 2.05) is 0 Å². The topological polar surface area (TPSA) is 257 Å². The van der Waals surface area contributed by atoms with Gasteiger partial charge in [0.25, 0.3) is 0 Å². The highest BCUT2D eigenvalue weighted by molar-refractivity contribution is 5.94. The lowest BCUT2D eigenvalue weighted by Gasteiger charge is -2.27. The summed E-state index contributed by atoms with van der Waals surface area (Å²) in [4.78, 5) is 72.3. The average molecular weight is 537 g/mol. The summed E-state index contributed by atoms with van der Waals surface area (Å²) < 4.78 is 0. The zero-order valence-corrected chi connectivity index (χ0v) is 21.3. The number of phenols is 1. The quantitative estimate of drug-likeness (QED) is 0.116. The lowest BCUT2D eigenvalue weighted by molar-refractivity contribution is -0.143. The zero-order chi connectivity index (χ0) is 29.0. The molecule has 0 saturated heterocycles. The molecule has 0 aliphatic rings. The molecule has 1 rings (SSSR count). The molecule has 38 heavy (non-hydrogen) atoms. The second-order valence-electron chi connectivity index (χ2n) is 9.18. The molecule has 11 N–H and O–H groups in total. The van der Waals surface area contributed by atoms with Gasteiger partial charge in [-0.3, -0.25) is 24.0 Å². The van der Waals surface area contributed by atoms with Gasteiger partial charge in [0.15, 0.2) is 0 Å². The van der Waals surface area contributed by atoms with Crippen molar-refractivity contribution < 1.29 is 39.0 Å². The van der Waals surface area contributed by atoms with Crippen molar-refractivity contribution in [3.05, 3.63) is 29.8 Å². The maximum atomic E-state index is 13.2. The van der Waals surface area contributed by atoms with Crippen LogP contribution in [0.5, 0.6) is 5.75 Å². The maximum absolute atomic E-state index is 13.2. The van der Waals surface area contributed by atoms with Crippen molar-refractivity contribution in [1.29, 1.82) is 0 Å². The molecule has 0 radical (unpaired) electrons. The molecule has 0 aliphatic heterocycles. The van der Waals surface area contributed by atoms with Gasteiger partial charge >= 0.3 is 5.97 Å². The summed E-state index contributed by atoms with van der Waals surface area (Å²) in [6.07, 6.45) is -0.735. The van der Waals surface area contributed by atoms with Crippen LogP contribution >= 0.6 is 0 Å². The molecule has 0 saturated carbocycles. The molecule has 1 aromatic rings. The van der Waals surface area contributed by atoms with Crippen molar-refractivity contribution in [3.63, 3.8) is 0 Å². The maximum Gasteiger partial charge on any atom is 0.326 e. The van der Waals surface area contributed by atoms with Crippen molar-refractivity contribution >= 4 is 35.5 Å². The molecule has 5 amide bonds. The summed E-state index contributed by atoms with van der Waals surface area (Å²) in [7, 11) is 0. The van der Waals surface area contributed by atoms with Gasteiger partial charge in [0.05, 0.1) is 6.04 Å². The fraction of sp³-hybridized carbons (Fsp3) is 0.500. The third kappa shape index (κ3) is 11.2. The van der Waals surface area contributed by atoms with Crippen LogP contribution in [0, 0.1) is 5.92 Å². The van der Waals surface area contributed by atoms with Crippen LogP contribution in [-0.2, 0) is 35.2 Å². The number of carboxylic acid groups (broad SMARTS) is 1. The Kier molecular flexibility index (Phi) is 12.7. The SMILES string of the molecule is CC(C)C(NC(=O)C(Cc1ccc(O)cc1)NC(=O)C(N)CCC(N)=O)C(=O)NC(CCC(N)=O)C(=O)O. The number of rotatable bonds is 16. The lowest BCUT2D eigenvalue weighted by atomic mass is 10.00. The van der Waals surface area contributed by atoms with Crippen LogP contribution < -0.4 is 33.2 Å². The Labute approximate surface area is 219 Å². The number of hydrogen-bond acceptors (Lipinski definition) is 8. The van der Waals surface area contributed by atoms with Crippen LogP contribution in [0.3, 0.4) is 0 Å². The number of carbonyl (C=O) groups is 6. The van der Waals surface area contributed by atoms with E-state index in [9.17, 15) is 39.0 Å². The van der Waals surface area contributed by atoms with Gasteiger partial charge < -0.3 is 43.4 Å². The first-order valence-corrected chi connectivity index (χ1v) is 11.9. The summed E-state index contributed by atoms with van der Waals surface area (Å²) in [6, 6.07) is 0.911. The molecular formula is C24H36N6O8. The first-order chi connectivity index (χ1) is 17.7. The number of nitrogens with two attached hydrogens (primary N) is 3. The van der Waals surface area contributed by atoms with Gasteiger partial charge in [0.2, 0.25) is 29.5 Å². The van der Waals surface area contributed by atoms with Crippen LogP contribution in [0.15, 0.2) is 24.3 Å². The number of carbonyl (C=O) groups excluding carboxylic acids is 5. The van der Waals surface area contributed by atoms with E-state index in [2.05, 4.69) is 16.0 Å². The van der Waals surface area contributed by atoms with Gasteiger partial charge in [0, 0.05) is 19.3 Å². The predicted octanol–water partition coefficient (Wildman–Crippen LogP) is -2.01. The summed E-state index contributed by atoms with van der Waals surface area (Å²) in [5.74, 6) is -5.55. The Morgan fingerprint density at radius 1 is 0.789 bits per heavy atom. The van der Waals surface area contributed by atoms with Crippen molar-refractivity contribution in [3.8, 4) is 5.75 Å². The van der Waals surface area contributed by atoms with E-state index in [4.69, 9.17) is 17.2 Å². The second-order valence-corrected chi connectivity index (χ2v) is 9.18. The molecule has 4 atom stereocenters. The van der Waals surface area contributed by atoms with E-state index in [-0.39, 0.29) is 37.9 Å². The summed E-state index contributed by atoms with van der Waals surface area (Å²) in [5.41, 5.74) is 16.5.